The van der Waals surface area contributed by atoms with Gasteiger partial charge in [0.05, 0.1) is 10.6 Å². The van der Waals surface area contributed by atoms with Gasteiger partial charge in [-0.1, -0.05) is 41.5 Å². The van der Waals surface area contributed by atoms with Crippen LogP contribution in [0.2, 0.25) is 10.0 Å². The monoisotopic (exact) mass is 417 g/mol. The first kappa shape index (κ1) is 17.9. The molecule has 27 heavy (non-hydrogen) atoms. The zero-order valence-electron chi connectivity index (χ0n) is 14.1. The van der Waals surface area contributed by atoms with E-state index >= 15 is 0 Å². The van der Waals surface area contributed by atoms with Crippen molar-refractivity contribution in [3.63, 3.8) is 0 Å². The second-order valence-electron chi connectivity index (χ2n) is 5.73. The summed E-state index contributed by atoms with van der Waals surface area (Å²) in [6.45, 7) is 2.01. The van der Waals surface area contributed by atoms with Crippen molar-refractivity contribution in [1.29, 1.82) is 0 Å². The minimum Gasteiger partial charge on any atom is -0.322 e. The minimum atomic E-state index is -0.318. The molecule has 0 aliphatic rings. The second kappa shape index (κ2) is 7.26. The van der Waals surface area contributed by atoms with E-state index in [2.05, 4.69) is 20.6 Å². The maximum absolute atomic E-state index is 12.4. The fraction of sp³-hybridized carbons (Fsp3) is 0.111. The molecule has 0 aliphatic heterocycles. The van der Waals surface area contributed by atoms with Crippen molar-refractivity contribution in [3.05, 3.63) is 63.9 Å². The van der Waals surface area contributed by atoms with Crippen molar-refractivity contribution < 1.29 is 4.79 Å². The zero-order valence-corrected chi connectivity index (χ0v) is 16.4. The van der Waals surface area contributed by atoms with Crippen LogP contribution in [0.15, 0.2) is 42.5 Å². The molecule has 0 atom stereocenters. The number of aromatic nitrogens is 4. The van der Waals surface area contributed by atoms with Crippen LogP contribution < -0.4 is 5.32 Å². The Bertz CT molecular complexity index is 1140. The third-order valence-corrected chi connectivity index (χ3v) is 5.45. The first-order valence-corrected chi connectivity index (χ1v) is 9.70. The molecule has 0 fully saturated rings. The number of benzene rings is 2. The number of nitrogens with zero attached hydrogens (tertiary/aromatic N) is 4. The summed E-state index contributed by atoms with van der Waals surface area (Å²) in [7, 11) is 0. The van der Waals surface area contributed by atoms with Crippen molar-refractivity contribution >= 4 is 51.1 Å². The van der Waals surface area contributed by atoms with Crippen LogP contribution in [-0.4, -0.2) is 25.7 Å². The van der Waals surface area contributed by atoms with Gasteiger partial charge in [0.25, 0.3) is 5.91 Å². The van der Waals surface area contributed by atoms with E-state index in [4.69, 9.17) is 23.2 Å². The fourth-order valence-electron chi connectivity index (χ4n) is 2.56. The van der Waals surface area contributed by atoms with Crippen LogP contribution in [0.25, 0.3) is 15.5 Å². The molecule has 0 saturated carbocycles. The fourth-order valence-corrected chi connectivity index (χ4v) is 3.80. The maximum Gasteiger partial charge on any atom is 0.257 e. The predicted octanol–water partition coefficient (Wildman–Crippen LogP) is 4.97. The Morgan fingerprint density at radius 2 is 1.93 bits per heavy atom. The Labute approximate surface area is 168 Å². The number of hydrogen-bond donors (Lipinski definition) is 1. The number of halogens is 2. The van der Waals surface area contributed by atoms with Crippen LogP contribution in [0.3, 0.4) is 0 Å². The van der Waals surface area contributed by atoms with Gasteiger partial charge < -0.3 is 5.32 Å². The van der Waals surface area contributed by atoms with Gasteiger partial charge in [-0.25, -0.2) is 0 Å². The van der Waals surface area contributed by atoms with Crippen molar-refractivity contribution in [1.82, 2.24) is 19.8 Å². The van der Waals surface area contributed by atoms with Gasteiger partial charge in [-0.05, 0) is 42.5 Å². The van der Waals surface area contributed by atoms with Crippen LogP contribution in [0, 0.1) is 0 Å². The lowest BCUT2D eigenvalue weighted by molar-refractivity contribution is 0.102. The number of rotatable bonds is 4. The smallest absolute Gasteiger partial charge is 0.257 e. The molecule has 1 N–H and O–H groups in total. The van der Waals surface area contributed by atoms with Gasteiger partial charge in [0.1, 0.15) is 5.01 Å². The van der Waals surface area contributed by atoms with Gasteiger partial charge in [-0.3, -0.25) is 4.79 Å². The van der Waals surface area contributed by atoms with E-state index in [1.165, 1.54) is 17.4 Å². The molecule has 136 valence electrons. The summed E-state index contributed by atoms with van der Waals surface area (Å²) in [4.78, 5) is 13.2. The van der Waals surface area contributed by atoms with Gasteiger partial charge in [-0.2, -0.15) is 9.61 Å². The van der Waals surface area contributed by atoms with E-state index in [0.717, 1.165) is 27.8 Å². The molecule has 0 saturated heterocycles. The number of fused-ring (bicyclic) bond motifs is 1. The van der Waals surface area contributed by atoms with Crippen molar-refractivity contribution in [2.75, 3.05) is 5.32 Å². The molecule has 6 nitrogen and oxygen atoms in total. The Balaban J connectivity index is 1.55. The minimum absolute atomic E-state index is 0.318. The van der Waals surface area contributed by atoms with Gasteiger partial charge in [-0.15, -0.1) is 10.2 Å². The topological polar surface area (TPSA) is 72.2 Å². The molecule has 0 aliphatic carbocycles. The summed E-state index contributed by atoms with van der Waals surface area (Å²) in [5.74, 6) is 0.511. The molecule has 4 aromatic rings. The number of carbonyl (C=O) groups excluding carboxylic acids is 1. The molecule has 2 heterocycles. The number of amides is 1. The standard InChI is InChI=1S/C18H13Cl2N5OS/c1-2-15-22-23-18-25(15)24-17(27-18)10-3-6-12(7-4-10)21-16(26)13-9-11(19)5-8-14(13)20/h3-9H,2H2,1H3,(H,21,26). The molecular weight excluding hydrogens is 405 g/mol. The summed E-state index contributed by atoms with van der Waals surface area (Å²) in [5.41, 5.74) is 1.91. The number of aryl methyl sites for hydroxylation is 1. The Kier molecular flexibility index (Phi) is 4.82. The normalized spacial score (nSPS) is 11.1. The van der Waals surface area contributed by atoms with Gasteiger partial charge in [0, 0.05) is 22.7 Å². The second-order valence-corrected chi connectivity index (χ2v) is 7.53. The number of nitrogens with one attached hydrogen (secondary N) is 1. The first-order chi connectivity index (χ1) is 13.0. The Hall–Kier alpha value is -2.48. The third-order valence-electron chi connectivity index (χ3n) is 3.93. The lowest BCUT2D eigenvalue weighted by Crippen LogP contribution is -2.12. The molecule has 0 radical (unpaired) electrons. The number of carbonyl (C=O) groups is 1. The molecule has 4 rings (SSSR count). The molecule has 2 aromatic heterocycles. The van der Waals surface area contributed by atoms with E-state index in [0.29, 0.717) is 21.3 Å². The van der Waals surface area contributed by atoms with E-state index in [1.807, 2.05) is 31.2 Å². The molecule has 1 amide bonds. The Morgan fingerprint density at radius 3 is 2.67 bits per heavy atom. The van der Waals surface area contributed by atoms with Crippen molar-refractivity contribution in [2.45, 2.75) is 13.3 Å². The van der Waals surface area contributed by atoms with Crippen LogP contribution in [0.1, 0.15) is 23.1 Å². The van der Waals surface area contributed by atoms with Gasteiger partial charge >= 0.3 is 0 Å². The summed E-state index contributed by atoms with van der Waals surface area (Å²) >= 11 is 13.5. The van der Waals surface area contributed by atoms with Crippen molar-refractivity contribution in [2.24, 2.45) is 0 Å². The zero-order chi connectivity index (χ0) is 19.0. The van der Waals surface area contributed by atoms with E-state index in [1.54, 1.807) is 16.6 Å². The van der Waals surface area contributed by atoms with E-state index in [-0.39, 0.29) is 5.91 Å². The van der Waals surface area contributed by atoms with Crippen LogP contribution >= 0.6 is 34.5 Å². The summed E-state index contributed by atoms with van der Waals surface area (Å²) < 4.78 is 1.76. The highest BCUT2D eigenvalue weighted by molar-refractivity contribution is 7.19. The van der Waals surface area contributed by atoms with Crippen LogP contribution in [0.5, 0.6) is 0 Å². The average molecular weight is 418 g/mol. The highest BCUT2D eigenvalue weighted by Crippen LogP contribution is 2.27. The van der Waals surface area contributed by atoms with Crippen LogP contribution in [0.4, 0.5) is 5.69 Å². The molecular formula is C18H13Cl2N5OS. The highest BCUT2D eigenvalue weighted by Gasteiger charge is 2.13. The quantitative estimate of drug-likeness (QED) is 0.508. The summed E-state index contributed by atoms with van der Waals surface area (Å²) in [5, 5.41) is 17.2. The van der Waals surface area contributed by atoms with Gasteiger partial charge in [0.15, 0.2) is 5.82 Å². The predicted molar refractivity (Wildman–Crippen MR) is 108 cm³/mol. The third kappa shape index (κ3) is 3.53. The van der Waals surface area contributed by atoms with E-state index in [9.17, 15) is 4.79 Å². The number of anilines is 1. The summed E-state index contributed by atoms with van der Waals surface area (Å²) in [6.07, 6.45) is 0.765. The maximum atomic E-state index is 12.4. The largest absolute Gasteiger partial charge is 0.322 e. The number of hydrogen-bond acceptors (Lipinski definition) is 5. The molecule has 2 aromatic carbocycles. The molecule has 9 heteroatoms. The van der Waals surface area contributed by atoms with Gasteiger partial charge in [0.2, 0.25) is 4.96 Å². The van der Waals surface area contributed by atoms with Crippen LogP contribution in [-0.2, 0) is 6.42 Å². The highest BCUT2D eigenvalue weighted by atomic mass is 35.5. The SMILES string of the molecule is CCc1nnc2sc(-c3ccc(NC(=O)c4cc(Cl)ccc4Cl)cc3)nn12. The Morgan fingerprint density at radius 1 is 1.15 bits per heavy atom. The van der Waals surface area contributed by atoms with E-state index < -0.39 is 0 Å². The average Bonchev–Trinajstić information content (AvgIpc) is 3.24. The first-order valence-electron chi connectivity index (χ1n) is 8.13. The lowest BCUT2D eigenvalue weighted by Gasteiger charge is -2.07. The molecule has 0 bridgehead atoms. The lowest BCUT2D eigenvalue weighted by atomic mass is 10.2. The van der Waals surface area contributed by atoms with Crippen molar-refractivity contribution in [3.8, 4) is 10.6 Å². The molecule has 0 spiro atoms. The molecule has 0 unspecified atom stereocenters. The summed E-state index contributed by atoms with van der Waals surface area (Å²) in [6, 6.07) is 12.2.